The highest BCUT2D eigenvalue weighted by Crippen LogP contribution is 2.11. The van der Waals surface area contributed by atoms with Crippen molar-refractivity contribution in [1.29, 1.82) is 5.26 Å². The molecule has 0 bridgehead atoms. The van der Waals surface area contributed by atoms with E-state index >= 15 is 0 Å². The van der Waals surface area contributed by atoms with Gasteiger partial charge in [0, 0.05) is 13.1 Å². The topological polar surface area (TPSA) is 47.3 Å². The predicted molar refractivity (Wildman–Crippen MR) is 68.4 cm³/mol. The first-order valence-corrected chi connectivity index (χ1v) is 5.81. The van der Waals surface area contributed by atoms with Crippen LogP contribution in [0, 0.1) is 11.3 Å². The molecule has 1 rings (SSSR count). The molecule has 0 aliphatic rings. The summed E-state index contributed by atoms with van der Waals surface area (Å²) in [6, 6.07) is 9.76. The van der Waals surface area contributed by atoms with Crippen molar-refractivity contribution in [1.82, 2.24) is 4.90 Å². The second kappa shape index (κ2) is 5.81. The summed E-state index contributed by atoms with van der Waals surface area (Å²) in [7, 11) is 2.02. The van der Waals surface area contributed by atoms with Crippen molar-refractivity contribution in [2.24, 2.45) is 0 Å². The summed E-state index contributed by atoms with van der Waals surface area (Å²) in [5, 5.41) is 18.5. The first-order valence-electron chi connectivity index (χ1n) is 5.81. The summed E-state index contributed by atoms with van der Waals surface area (Å²) in [5.41, 5.74) is 1.20. The van der Waals surface area contributed by atoms with E-state index < -0.39 is 5.60 Å². The van der Waals surface area contributed by atoms with Crippen LogP contribution in [0.4, 0.5) is 0 Å². The third kappa shape index (κ3) is 5.48. The van der Waals surface area contributed by atoms with Gasteiger partial charge in [-0.3, -0.25) is 0 Å². The minimum absolute atomic E-state index is 0.622. The molecule has 0 aliphatic heterocycles. The summed E-state index contributed by atoms with van der Waals surface area (Å²) in [6.45, 7) is 5.26. The predicted octanol–water partition coefficient (Wildman–Crippen LogP) is 2.15. The van der Waals surface area contributed by atoms with E-state index in [1.807, 2.05) is 39.1 Å². The van der Waals surface area contributed by atoms with Crippen LogP contribution in [0.5, 0.6) is 0 Å². The Balaban J connectivity index is 2.51. The SMILES string of the molecule is CN(CCC(C)(C)O)Cc1cccc(C#N)c1. The van der Waals surface area contributed by atoms with Crippen molar-refractivity contribution in [2.75, 3.05) is 13.6 Å². The van der Waals surface area contributed by atoms with E-state index in [1.165, 1.54) is 0 Å². The van der Waals surface area contributed by atoms with Crippen LogP contribution in [0.15, 0.2) is 24.3 Å². The van der Waals surface area contributed by atoms with Gasteiger partial charge in [-0.2, -0.15) is 5.26 Å². The lowest BCUT2D eigenvalue weighted by Crippen LogP contribution is -2.28. The van der Waals surface area contributed by atoms with Crippen molar-refractivity contribution in [3.8, 4) is 6.07 Å². The van der Waals surface area contributed by atoms with Crippen LogP contribution in [-0.2, 0) is 6.54 Å². The van der Waals surface area contributed by atoms with Crippen molar-refractivity contribution in [3.63, 3.8) is 0 Å². The molecule has 0 unspecified atom stereocenters. The fraction of sp³-hybridized carbons (Fsp3) is 0.500. The number of aliphatic hydroxyl groups is 1. The molecule has 0 aromatic heterocycles. The number of hydrogen-bond donors (Lipinski definition) is 1. The Morgan fingerprint density at radius 1 is 1.41 bits per heavy atom. The molecule has 0 saturated heterocycles. The molecule has 92 valence electrons. The Kier molecular flexibility index (Phi) is 4.68. The van der Waals surface area contributed by atoms with Gasteiger partial charge in [0.2, 0.25) is 0 Å². The highest BCUT2D eigenvalue weighted by Gasteiger charge is 2.13. The Morgan fingerprint density at radius 3 is 2.71 bits per heavy atom. The van der Waals surface area contributed by atoms with Crippen LogP contribution in [-0.4, -0.2) is 29.2 Å². The van der Waals surface area contributed by atoms with Gasteiger partial charge in [0.1, 0.15) is 0 Å². The van der Waals surface area contributed by atoms with Gasteiger partial charge in [-0.05, 0) is 45.0 Å². The van der Waals surface area contributed by atoms with Gasteiger partial charge < -0.3 is 10.0 Å². The zero-order valence-corrected chi connectivity index (χ0v) is 10.8. The van der Waals surface area contributed by atoms with Crippen LogP contribution in [0.1, 0.15) is 31.4 Å². The number of benzene rings is 1. The fourth-order valence-electron chi connectivity index (χ4n) is 1.59. The van der Waals surface area contributed by atoms with Crippen molar-refractivity contribution in [2.45, 2.75) is 32.4 Å². The molecular weight excluding hydrogens is 212 g/mol. The molecule has 0 aliphatic carbocycles. The largest absolute Gasteiger partial charge is 0.390 e. The first kappa shape index (κ1) is 13.7. The molecular formula is C14H20N2O. The third-order valence-electron chi connectivity index (χ3n) is 2.61. The molecule has 1 aromatic rings. The molecule has 3 nitrogen and oxygen atoms in total. The molecule has 0 atom stereocenters. The molecule has 17 heavy (non-hydrogen) atoms. The third-order valence-corrected chi connectivity index (χ3v) is 2.61. The number of nitrogens with zero attached hydrogens (tertiary/aromatic N) is 2. The lowest BCUT2D eigenvalue weighted by atomic mass is 10.1. The zero-order chi connectivity index (χ0) is 12.9. The normalized spacial score (nSPS) is 11.5. The molecule has 0 saturated carbocycles. The van der Waals surface area contributed by atoms with Crippen molar-refractivity contribution in [3.05, 3.63) is 35.4 Å². The van der Waals surface area contributed by atoms with E-state index in [2.05, 4.69) is 11.0 Å². The second-order valence-corrected chi connectivity index (χ2v) is 5.11. The average molecular weight is 232 g/mol. The van der Waals surface area contributed by atoms with Gasteiger partial charge >= 0.3 is 0 Å². The van der Waals surface area contributed by atoms with E-state index in [4.69, 9.17) is 5.26 Å². The van der Waals surface area contributed by atoms with Crippen LogP contribution >= 0.6 is 0 Å². The van der Waals surface area contributed by atoms with E-state index in [-0.39, 0.29) is 0 Å². The molecule has 1 aromatic carbocycles. The zero-order valence-electron chi connectivity index (χ0n) is 10.8. The summed E-state index contributed by atoms with van der Waals surface area (Å²) >= 11 is 0. The first-order chi connectivity index (χ1) is 7.90. The van der Waals surface area contributed by atoms with Crippen LogP contribution in [0.25, 0.3) is 0 Å². The maximum Gasteiger partial charge on any atom is 0.0991 e. The summed E-state index contributed by atoms with van der Waals surface area (Å²) in [4.78, 5) is 2.15. The number of hydrogen-bond acceptors (Lipinski definition) is 3. The van der Waals surface area contributed by atoms with Crippen LogP contribution in [0.2, 0.25) is 0 Å². The molecule has 0 amide bonds. The average Bonchev–Trinajstić information content (AvgIpc) is 2.26. The lowest BCUT2D eigenvalue weighted by molar-refractivity contribution is 0.0599. The van der Waals surface area contributed by atoms with Crippen LogP contribution in [0.3, 0.4) is 0 Å². The maximum atomic E-state index is 9.65. The van der Waals surface area contributed by atoms with Gasteiger partial charge in [0.05, 0.1) is 17.2 Å². The fourth-order valence-corrected chi connectivity index (χ4v) is 1.59. The summed E-state index contributed by atoms with van der Waals surface area (Å²) in [6.07, 6.45) is 0.738. The van der Waals surface area contributed by atoms with E-state index in [0.29, 0.717) is 5.56 Å². The number of nitriles is 1. The Bertz CT molecular complexity index is 401. The molecule has 3 heteroatoms. The Hall–Kier alpha value is -1.37. The molecule has 1 N–H and O–H groups in total. The van der Waals surface area contributed by atoms with Gasteiger partial charge in [-0.25, -0.2) is 0 Å². The molecule has 0 heterocycles. The molecule has 0 spiro atoms. The van der Waals surface area contributed by atoms with Gasteiger partial charge in [0.25, 0.3) is 0 Å². The summed E-state index contributed by atoms with van der Waals surface area (Å²) in [5.74, 6) is 0. The maximum absolute atomic E-state index is 9.65. The Morgan fingerprint density at radius 2 is 2.12 bits per heavy atom. The highest BCUT2D eigenvalue weighted by molar-refractivity contribution is 5.32. The van der Waals surface area contributed by atoms with Crippen molar-refractivity contribution < 1.29 is 5.11 Å². The molecule has 0 radical (unpaired) electrons. The van der Waals surface area contributed by atoms with E-state index in [9.17, 15) is 5.11 Å². The monoisotopic (exact) mass is 232 g/mol. The highest BCUT2D eigenvalue weighted by atomic mass is 16.3. The van der Waals surface area contributed by atoms with Crippen LogP contribution < -0.4 is 0 Å². The van der Waals surface area contributed by atoms with Gasteiger partial charge in [-0.1, -0.05) is 12.1 Å². The summed E-state index contributed by atoms with van der Waals surface area (Å²) < 4.78 is 0. The Labute approximate surface area is 103 Å². The quantitative estimate of drug-likeness (QED) is 0.846. The lowest BCUT2D eigenvalue weighted by Gasteiger charge is -2.22. The van der Waals surface area contributed by atoms with E-state index in [1.54, 1.807) is 6.07 Å². The second-order valence-electron chi connectivity index (χ2n) is 5.11. The van der Waals surface area contributed by atoms with Gasteiger partial charge in [0.15, 0.2) is 0 Å². The van der Waals surface area contributed by atoms with E-state index in [0.717, 1.165) is 25.1 Å². The minimum atomic E-state index is -0.622. The number of rotatable bonds is 5. The molecule has 0 fully saturated rings. The minimum Gasteiger partial charge on any atom is -0.390 e. The van der Waals surface area contributed by atoms with Gasteiger partial charge in [-0.15, -0.1) is 0 Å². The standard InChI is InChI=1S/C14H20N2O/c1-14(2,17)7-8-16(3)11-13-6-4-5-12(9-13)10-15/h4-6,9,17H,7-8,11H2,1-3H3. The smallest absolute Gasteiger partial charge is 0.0991 e. The van der Waals surface area contributed by atoms with Crippen molar-refractivity contribution >= 4 is 0 Å².